The van der Waals surface area contributed by atoms with E-state index in [1.165, 1.54) is 6.92 Å². The molecule has 2 heterocycles. The fraction of sp³-hybridized carbons (Fsp3) is 0.545. The highest BCUT2D eigenvalue weighted by Crippen LogP contribution is 2.19. The Bertz CT molecular complexity index is 832. The van der Waals surface area contributed by atoms with E-state index in [0.717, 1.165) is 36.1 Å². The van der Waals surface area contributed by atoms with Crippen LogP contribution in [0, 0.1) is 5.92 Å². The van der Waals surface area contributed by atoms with Crippen LogP contribution in [0.1, 0.15) is 26.3 Å². The number of benzene rings is 1. The third kappa shape index (κ3) is 6.05. The van der Waals surface area contributed by atoms with Gasteiger partial charge in [0.05, 0.1) is 12.7 Å². The number of para-hydroxylation sites is 1. The predicted octanol–water partition coefficient (Wildman–Crippen LogP) is 1.69. The van der Waals surface area contributed by atoms with Crippen LogP contribution in [-0.4, -0.2) is 66.6 Å². The molecular weight excluding hydrogens is 368 g/mol. The van der Waals surface area contributed by atoms with Crippen molar-refractivity contribution < 1.29 is 14.3 Å². The minimum atomic E-state index is -0.623. The van der Waals surface area contributed by atoms with E-state index in [1.807, 2.05) is 30.5 Å². The van der Waals surface area contributed by atoms with Gasteiger partial charge in [-0.05, 0) is 17.5 Å². The first-order chi connectivity index (χ1) is 13.9. The molecule has 2 amide bonds. The van der Waals surface area contributed by atoms with Gasteiger partial charge in [-0.25, -0.2) is 0 Å². The van der Waals surface area contributed by atoms with Crippen molar-refractivity contribution in [2.45, 2.75) is 39.3 Å². The topological polar surface area (TPSA) is 86.5 Å². The van der Waals surface area contributed by atoms with Gasteiger partial charge in [0.15, 0.2) is 0 Å². The van der Waals surface area contributed by atoms with Gasteiger partial charge in [0.25, 0.3) is 0 Å². The summed E-state index contributed by atoms with van der Waals surface area (Å²) in [6.07, 6.45) is 2.30. The molecule has 1 aromatic carbocycles. The molecule has 0 aliphatic carbocycles. The van der Waals surface area contributed by atoms with Gasteiger partial charge >= 0.3 is 0 Å². The van der Waals surface area contributed by atoms with Crippen LogP contribution in [0.25, 0.3) is 10.9 Å². The van der Waals surface area contributed by atoms with E-state index in [9.17, 15) is 9.59 Å². The smallest absolute Gasteiger partial charge is 0.243 e. The number of amides is 2. The number of nitrogens with one attached hydrogen (secondary N) is 3. The number of carbonyl (C=O) groups is 2. The van der Waals surface area contributed by atoms with E-state index >= 15 is 0 Å². The number of nitrogens with zero attached hydrogens (tertiary/aromatic N) is 1. The molecule has 0 saturated carbocycles. The summed E-state index contributed by atoms with van der Waals surface area (Å²) in [4.78, 5) is 30.1. The Kier molecular flexibility index (Phi) is 7.28. The normalized spacial score (nSPS) is 18.7. The number of aromatic amines is 1. The highest BCUT2D eigenvalue weighted by molar-refractivity contribution is 5.89. The zero-order valence-electron chi connectivity index (χ0n) is 17.5. The van der Waals surface area contributed by atoms with Gasteiger partial charge in [0, 0.05) is 56.6 Å². The molecule has 1 fully saturated rings. The van der Waals surface area contributed by atoms with Gasteiger partial charge < -0.3 is 20.4 Å². The first kappa shape index (κ1) is 21.3. The molecule has 3 rings (SSSR count). The number of hydrogen-bond donors (Lipinski definition) is 3. The number of ether oxygens (including phenoxy) is 1. The summed E-state index contributed by atoms with van der Waals surface area (Å²) >= 11 is 0. The average Bonchev–Trinajstić information content (AvgIpc) is 3.08. The number of fused-ring (bicyclic) bond motifs is 1. The van der Waals surface area contributed by atoms with Crippen molar-refractivity contribution in [2.75, 3.05) is 32.8 Å². The van der Waals surface area contributed by atoms with Crippen molar-refractivity contribution >= 4 is 22.7 Å². The summed E-state index contributed by atoms with van der Waals surface area (Å²) in [6.45, 7) is 9.73. The fourth-order valence-electron chi connectivity index (χ4n) is 3.90. The van der Waals surface area contributed by atoms with Gasteiger partial charge in [0.2, 0.25) is 11.8 Å². The average molecular weight is 401 g/mol. The zero-order valence-corrected chi connectivity index (χ0v) is 17.5. The summed E-state index contributed by atoms with van der Waals surface area (Å²) in [5, 5.41) is 6.83. The number of rotatable bonds is 8. The summed E-state index contributed by atoms with van der Waals surface area (Å²) < 4.78 is 5.82. The second kappa shape index (κ2) is 9.89. The Morgan fingerprint density at radius 1 is 1.31 bits per heavy atom. The molecule has 2 aromatic rings. The van der Waals surface area contributed by atoms with E-state index in [0.29, 0.717) is 25.5 Å². The number of aromatic nitrogens is 1. The molecule has 1 aliphatic rings. The quantitative estimate of drug-likeness (QED) is 0.629. The largest absolute Gasteiger partial charge is 0.374 e. The van der Waals surface area contributed by atoms with E-state index in [2.05, 4.69) is 34.4 Å². The molecule has 1 saturated heterocycles. The lowest BCUT2D eigenvalue weighted by molar-refractivity contribution is -0.128. The summed E-state index contributed by atoms with van der Waals surface area (Å²) in [7, 11) is 0. The lowest BCUT2D eigenvalue weighted by Gasteiger charge is -2.34. The van der Waals surface area contributed by atoms with Crippen LogP contribution >= 0.6 is 0 Å². The van der Waals surface area contributed by atoms with E-state index < -0.39 is 6.04 Å². The maximum atomic E-state index is 12.8. The van der Waals surface area contributed by atoms with Crippen molar-refractivity contribution in [3.63, 3.8) is 0 Å². The van der Waals surface area contributed by atoms with Crippen LogP contribution in [-0.2, 0) is 20.7 Å². The molecule has 0 bridgehead atoms. The zero-order chi connectivity index (χ0) is 20.8. The standard InChI is InChI=1S/C22H32N4O3/c1-15(2)13-26-8-9-29-18(14-26)12-24-22(28)21(25-16(3)27)10-17-11-23-20-7-5-4-6-19(17)20/h4-7,11,15,18,21,23H,8-10,12-14H2,1-3H3,(H,24,28)(H,25,27)/t18-,21-/m1/s1. The van der Waals surface area contributed by atoms with Gasteiger partial charge in [-0.1, -0.05) is 32.0 Å². The van der Waals surface area contributed by atoms with Gasteiger partial charge in [-0.15, -0.1) is 0 Å². The van der Waals surface area contributed by atoms with Gasteiger partial charge in [-0.2, -0.15) is 0 Å². The molecule has 0 spiro atoms. The highest BCUT2D eigenvalue weighted by Gasteiger charge is 2.25. The monoisotopic (exact) mass is 400 g/mol. The van der Waals surface area contributed by atoms with Crippen molar-refractivity contribution in [3.8, 4) is 0 Å². The Morgan fingerprint density at radius 3 is 2.86 bits per heavy atom. The lowest BCUT2D eigenvalue weighted by atomic mass is 10.0. The first-order valence-corrected chi connectivity index (χ1v) is 10.4. The van der Waals surface area contributed by atoms with Crippen molar-refractivity contribution in [2.24, 2.45) is 5.92 Å². The van der Waals surface area contributed by atoms with Crippen LogP contribution in [0.2, 0.25) is 0 Å². The third-order valence-electron chi connectivity index (χ3n) is 5.14. The second-order valence-corrected chi connectivity index (χ2v) is 8.21. The molecule has 7 heteroatoms. The minimum absolute atomic E-state index is 0.0301. The van der Waals surface area contributed by atoms with Gasteiger partial charge in [-0.3, -0.25) is 14.5 Å². The molecule has 0 radical (unpaired) electrons. The Morgan fingerprint density at radius 2 is 2.10 bits per heavy atom. The van der Waals surface area contributed by atoms with E-state index in [4.69, 9.17) is 4.74 Å². The van der Waals surface area contributed by atoms with Crippen molar-refractivity contribution in [3.05, 3.63) is 36.0 Å². The molecule has 3 N–H and O–H groups in total. The number of H-pyrrole nitrogens is 1. The van der Waals surface area contributed by atoms with Crippen LogP contribution in [0.3, 0.4) is 0 Å². The Labute approximate surface area is 172 Å². The molecule has 0 unspecified atom stereocenters. The maximum absolute atomic E-state index is 12.8. The SMILES string of the molecule is CC(=O)N[C@H](Cc1c[nH]c2ccccc12)C(=O)NC[C@@H]1CN(CC(C)C)CCO1. The van der Waals surface area contributed by atoms with Crippen LogP contribution in [0.4, 0.5) is 0 Å². The third-order valence-corrected chi connectivity index (χ3v) is 5.14. The molecular formula is C22H32N4O3. The number of carbonyl (C=O) groups excluding carboxylic acids is 2. The molecule has 1 aromatic heterocycles. The van der Waals surface area contributed by atoms with Crippen LogP contribution < -0.4 is 10.6 Å². The molecule has 29 heavy (non-hydrogen) atoms. The Hall–Kier alpha value is -2.38. The molecule has 1 aliphatic heterocycles. The second-order valence-electron chi connectivity index (χ2n) is 8.21. The van der Waals surface area contributed by atoms with Gasteiger partial charge in [0.1, 0.15) is 6.04 Å². The van der Waals surface area contributed by atoms with E-state index in [1.54, 1.807) is 0 Å². The van der Waals surface area contributed by atoms with Crippen LogP contribution in [0.15, 0.2) is 30.5 Å². The maximum Gasteiger partial charge on any atom is 0.243 e. The lowest BCUT2D eigenvalue weighted by Crippen LogP contribution is -2.52. The van der Waals surface area contributed by atoms with E-state index in [-0.39, 0.29) is 17.9 Å². The summed E-state index contributed by atoms with van der Waals surface area (Å²) in [5.41, 5.74) is 2.02. The Balaban J connectivity index is 1.60. The molecule has 158 valence electrons. The summed E-state index contributed by atoms with van der Waals surface area (Å²) in [6, 6.07) is 7.32. The highest BCUT2D eigenvalue weighted by atomic mass is 16.5. The molecule has 7 nitrogen and oxygen atoms in total. The fourth-order valence-corrected chi connectivity index (χ4v) is 3.90. The number of hydrogen-bond acceptors (Lipinski definition) is 4. The molecule has 2 atom stereocenters. The van der Waals surface area contributed by atoms with Crippen molar-refractivity contribution in [1.82, 2.24) is 20.5 Å². The van der Waals surface area contributed by atoms with Crippen LogP contribution in [0.5, 0.6) is 0 Å². The number of morpholine rings is 1. The predicted molar refractivity (Wildman–Crippen MR) is 114 cm³/mol. The first-order valence-electron chi connectivity index (χ1n) is 10.4. The van der Waals surface area contributed by atoms with Crippen molar-refractivity contribution in [1.29, 1.82) is 0 Å². The minimum Gasteiger partial charge on any atom is -0.374 e. The summed E-state index contributed by atoms with van der Waals surface area (Å²) in [5.74, 6) is 0.195.